The first-order valence-corrected chi connectivity index (χ1v) is 5.61. The van der Waals surface area contributed by atoms with Crippen LogP contribution in [0.1, 0.15) is 26.3 Å². The van der Waals surface area contributed by atoms with Gasteiger partial charge >= 0.3 is 0 Å². The van der Waals surface area contributed by atoms with Gasteiger partial charge in [0, 0.05) is 0 Å². The molecule has 0 aromatic heterocycles. The summed E-state index contributed by atoms with van der Waals surface area (Å²) in [5.41, 5.74) is 2.79. The highest BCUT2D eigenvalue weighted by Crippen LogP contribution is 2.22. The van der Waals surface area contributed by atoms with E-state index in [1.807, 2.05) is 0 Å². The van der Waals surface area contributed by atoms with Gasteiger partial charge in [0.05, 0.1) is 19.6 Å². The minimum atomic E-state index is 0. The standard InChI is InChI=1S/C13H22N.B/c1-5-14(6-2,7-3)13-10-8-12(4)9-11-13;/h8-11H,5-7H2,1-4H3;/q+1;-1. The molecule has 0 N–H and O–H groups in total. The lowest BCUT2D eigenvalue weighted by molar-refractivity contribution is 0.316. The van der Waals surface area contributed by atoms with E-state index in [4.69, 9.17) is 0 Å². The molecule has 0 unspecified atom stereocenters. The Kier molecular flexibility index (Phi) is 5.67. The number of quaternary nitrogens is 1. The molecular formula is C13H22BN. The molecule has 1 rings (SSSR count). The van der Waals surface area contributed by atoms with Crippen LogP contribution in [0.5, 0.6) is 0 Å². The third-order valence-electron chi connectivity index (χ3n) is 3.40. The zero-order valence-corrected chi connectivity index (χ0v) is 10.5. The van der Waals surface area contributed by atoms with Gasteiger partial charge in [0.25, 0.3) is 0 Å². The highest BCUT2D eigenvalue weighted by molar-refractivity contribution is 5.75. The number of nitrogens with zero attached hydrogens (tertiary/aromatic N) is 1. The van der Waals surface area contributed by atoms with Gasteiger partial charge in [0.15, 0.2) is 0 Å². The molecule has 1 aromatic carbocycles. The molecule has 0 atom stereocenters. The Balaban J connectivity index is 0.00000196. The maximum atomic E-state index is 2.27. The minimum Gasteiger partial charge on any atom is -1.00 e. The summed E-state index contributed by atoms with van der Waals surface area (Å²) in [5.74, 6) is 0. The van der Waals surface area contributed by atoms with E-state index >= 15 is 0 Å². The first kappa shape index (κ1) is 14.2. The molecule has 0 aliphatic carbocycles. The van der Waals surface area contributed by atoms with Crippen molar-refractivity contribution in [3.8, 4) is 0 Å². The van der Waals surface area contributed by atoms with Gasteiger partial charge in [0.1, 0.15) is 5.69 Å². The largest absolute Gasteiger partial charge is 1.00 e. The Morgan fingerprint density at radius 1 is 0.867 bits per heavy atom. The fourth-order valence-electron chi connectivity index (χ4n) is 2.08. The highest BCUT2D eigenvalue weighted by atomic mass is 15.3. The molecule has 82 valence electrons. The van der Waals surface area contributed by atoms with Gasteiger partial charge < -0.3 is 8.41 Å². The second-order valence-electron chi connectivity index (χ2n) is 3.93. The van der Waals surface area contributed by atoms with Crippen molar-refractivity contribution in [3.05, 3.63) is 29.8 Å². The fourth-order valence-corrected chi connectivity index (χ4v) is 2.08. The van der Waals surface area contributed by atoms with Gasteiger partial charge in [-0.05, 0) is 39.8 Å². The number of benzene rings is 1. The monoisotopic (exact) mass is 203 g/mol. The van der Waals surface area contributed by atoms with E-state index in [1.54, 1.807) is 0 Å². The van der Waals surface area contributed by atoms with E-state index in [0.29, 0.717) is 0 Å². The van der Waals surface area contributed by atoms with Crippen molar-refractivity contribution in [1.29, 1.82) is 0 Å². The topological polar surface area (TPSA) is 0 Å². The Hall–Kier alpha value is -0.755. The lowest BCUT2D eigenvalue weighted by Crippen LogP contribution is -2.48. The van der Waals surface area contributed by atoms with Crippen LogP contribution >= 0.6 is 0 Å². The molecule has 0 heterocycles. The SMILES string of the molecule is CC[N+](CC)(CC)c1ccc(C)cc1.[B-]. The molecule has 0 aliphatic rings. The van der Waals surface area contributed by atoms with Gasteiger partial charge in [-0.1, -0.05) is 17.7 Å². The van der Waals surface area contributed by atoms with Crippen LogP contribution in [-0.2, 0) is 0 Å². The second-order valence-corrected chi connectivity index (χ2v) is 3.93. The zero-order chi connectivity index (χ0) is 10.6. The maximum Gasteiger partial charge on any atom is 0.132 e. The molecule has 0 spiro atoms. The van der Waals surface area contributed by atoms with E-state index in [9.17, 15) is 0 Å². The second kappa shape index (κ2) is 5.97. The smallest absolute Gasteiger partial charge is 0.132 e. The van der Waals surface area contributed by atoms with Gasteiger partial charge in [-0.3, -0.25) is 4.48 Å². The van der Waals surface area contributed by atoms with Crippen LogP contribution in [0.15, 0.2) is 24.3 Å². The fraction of sp³-hybridized carbons (Fsp3) is 0.538. The molecule has 2 heteroatoms. The summed E-state index contributed by atoms with van der Waals surface area (Å²) in [5, 5.41) is 0. The van der Waals surface area contributed by atoms with Crippen LogP contribution in [0.4, 0.5) is 5.69 Å². The normalized spacial score (nSPS) is 10.9. The predicted molar refractivity (Wildman–Crippen MR) is 70.4 cm³/mol. The Labute approximate surface area is 96.3 Å². The molecule has 1 nitrogen and oxygen atoms in total. The lowest BCUT2D eigenvalue weighted by atomic mass is 10.2. The number of aryl methyl sites for hydroxylation is 1. The molecule has 0 saturated heterocycles. The summed E-state index contributed by atoms with van der Waals surface area (Å²) in [6, 6.07) is 8.96. The maximum absolute atomic E-state index is 2.27. The molecule has 4 radical (unpaired) electrons. The van der Waals surface area contributed by atoms with E-state index in [0.717, 1.165) is 4.48 Å². The van der Waals surface area contributed by atoms with Crippen molar-refractivity contribution >= 4 is 14.1 Å². The van der Waals surface area contributed by atoms with Gasteiger partial charge in [-0.2, -0.15) is 0 Å². The first-order chi connectivity index (χ1) is 6.68. The minimum absolute atomic E-state index is 0. The molecule has 0 amide bonds. The number of hydrogen-bond donors (Lipinski definition) is 0. The van der Waals surface area contributed by atoms with E-state index < -0.39 is 0 Å². The quantitative estimate of drug-likeness (QED) is 0.521. The van der Waals surface area contributed by atoms with Crippen LogP contribution in [0.2, 0.25) is 0 Å². The lowest BCUT2D eigenvalue weighted by Gasteiger charge is -2.35. The Morgan fingerprint density at radius 3 is 1.60 bits per heavy atom. The van der Waals surface area contributed by atoms with Crippen LogP contribution < -0.4 is 4.48 Å². The van der Waals surface area contributed by atoms with Gasteiger partial charge in [0.2, 0.25) is 0 Å². The average molecular weight is 203 g/mol. The summed E-state index contributed by atoms with van der Waals surface area (Å²) in [6.07, 6.45) is 0. The molecule has 0 saturated carbocycles. The van der Waals surface area contributed by atoms with Crippen LogP contribution in [0.3, 0.4) is 0 Å². The Bertz CT molecular complexity index is 267. The predicted octanol–water partition coefficient (Wildman–Crippen LogP) is 2.98. The van der Waals surface area contributed by atoms with Crippen molar-refractivity contribution in [2.45, 2.75) is 27.7 Å². The summed E-state index contributed by atoms with van der Waals surface area (Å²) in [4.78, 5) is 0. The number of hydrogen-bond acceptors (Lipinski definition) is 0. The molecule has 15 heavy (non-hydrogen) atoms. The third-order valence-corrected chi connectivity index (χ3v) is 3.40. The van der Waals surface area contributed by atoms with Crippen molar-refractivity contribution in [3.63, 3.8) is 0 Å². The first-order valence-electron chi connectivity index (χ1n) is 5.61. The van der Waals surface area contributed by atoms with Crippen LogP contribution in [0.25, 0.3) is 0 Å². The highest BCUT2D eigenvalue weighted by Gasteiger charge is 2.23. The van der Waals surface area contributed by atoms with E-state index in [1.165, 1.54) is 30.9 Å². The molecular weight excluding hydrogens is 181 g/mol. The van der Waals surface area contributed by atoms with Crippen molar-refractivity contribution in [2.24, 2.45) is 0 Å². The zero-order valence-electron chi connectivity index (χ0n) is 10.5. The summed E-state index contributed by atoms with van der Waals surface area (Å²) >= 11 is 0. The van der Waals surface area contributed by atoms with Crippen molar-refractivity contribution in [1.82, 2.24) is 4.48 Å². The molecule has 0 bridgehead atoms. The van der Waals surface area contributed by atoms with Crippen molar-refractivity contribution in [2.75, 3.05) is 19.6 Å². The molecule has 1 aromatic rings. The van der Waals surface area contributed by atoms with E-state index in [2.05, 4.69) is 52.0 Å². The van der Waals surface area contributed by atoms with Crippen LogP contribution in [-0.4, -0.2) is 28.0 Å². The Morgan fingerprint density at radius 2 is 1.27 bits per heavy atom. The van der Waals surface area contributed by atoms with E-state index in [-0.39, 0.29) is 8.41 Å². The number of rotatable bonds is 4. The van der Waals surface area contributed by atoms with Gasteiger partial charge in [-0.25, -0.2) is 0 Å². The summed E-state index contributed by atoms with van der Waals surface area (Å²) < 4.78 is 1.10. The molecule has 0 fully saturated rings. The summed E-state index contributed by atoms with van der Waals surface area (Å²) in [7, 11) is 0. The molecule has 0 aliphatic heterocycles. The van der Waals surface area contributed by atoms with Gasteiger partial charge in [-0.15, -0.1) is 0 Å². The van der Waals surface area contributed by atoms with Crippen molar-refractivity contribution < 1.29 is 0 Å². The third kappa shape index (κ3) is 2.85. The van der Waals surface area contributed by atoms with Crippen LogP contribution in [0, 0.1) is 6.92 Å². The summed E-state index contributed by atoms with van der Waals surface area (Å²) in [6.45, 7) is 12.5. The average Bonchev–Trinajstić information content (AvgIpc) is 2.24.